The molecule has 0 saturated carbocycles. The van der Waals surface area contributed by atoms with Crippen molar-refractivity contribution in [3.63, 3.8) is 0 Å². The van der Waals surface area contributed by atoms with Gasteiger partial charge in [0.05, 0.1) is 30.5 Å². The average molecular weight is 451 g/mol. The van der Waals surface area contributed by atoms with E-state index in [0.717, 1.165) is 28.4 Å². The number of methoxy groups -OCH3 is 1. The Labute approximate surface area is 191 Å². The third kappa shape index (κ3) is 4.36. The number of carbonyl (C=O) groups excluding carboxylic acids is 2. The highest BCUT2D eigenvalue weighted by Crippen LogP contribution is 2.29. The number of amides is 2. The largest absolute Gasteiger partial charge is 0.495 e. The molecule has 0 aliphatic carbocycles. The Hall–Kier alpha value is -3.26. The number of likely N-dealkylation sites (tertiary alicyclic amines) is 1. The number of hydrogen-bond donors (Lipinski definition) is 1. The van der Waals surface area contributed by atoms with Crippen LogP contribution in [-0.4, -0.2) is 52.2 Å². The fourth-order valence-electron chi connectivity index (χ4n) is 3.99. The normalized spacial score (nSPS) is 15.6. The van der Waals surface area contributed by atoms with Crippen molar-refractivity contribution in [2.45, 2.75) is 30.7 Å². The highest BCUT2D eigenvalue weighted by molar-refractivity contribution is 7.98. The minimum atomic E-state index is -0.501. The summed E-state index contributed by atoms with van der Waals surface area (Å²) in [7, 11) is 1.58. The molecule has 166 valence electrons. The maximum absolute atomic E-state index is 13.3. The van der Waals surface area contributed by atoms with E-state index in [1.54, 1.807) is 42.2 Å². The SMILES string of the molecule is COc1cc(C(=O)N2CCCC2C(=O)Nc2ccccc2SC)ccc1-n1cnc(C)c1. The Morgan fingerprint density at radius 1 is 1.22 bits per heavy atom. The molecule has 2 amide bonds. The fraction of sp³-hybridized carbons (Fsp3) is 0.292. The predicted molar refractivity (Wildman–Crippen MR) is 126 cm³/mol. The van der Waals surface area contributed by atoms with Gasteiger partial charge in [-0.05, 0) is 56.4 Å². The summed E-state index contributed by atoms with van der Waals surface area (Å²) >= 11 is 1.57. The molecule has 1 fully saturated rings. The second kappa shape index (κ2) is 9.48. The number of benzene rings is 2. The fourth-order valence-corrected chi connectivity index (χ4v) is 4.54. The van der Waals surface area contributed by atoms with Crippen LogP contribution < -0.4 is 10.1 Å². The van der Waals surface area contributed by atoms with Crippen LogP contribution in [0.15, 0.2) is 59.9 Å². The molecule has 0 bridgehead atoms. The van der Waals surface area contributed by atoms with Gasteiger partial charge in [0.15, 0.2) is 0 Å². The first kappa shape index (κ1) is 22.0. The number of rotatable bonds is 6. The third-order valence-electron chi connectivity index (χ3n) is 5.60. The molecule has 3 aromatic rings. The quantitative estimate of drug-likeness (QED) is 0.571. The Balaban J connectivity index is 1.55. The molecule has 8 heteroatoms. The van der Waals surface area contributed by atoms with Crippen molar-refractivity contribution in [2.75, 3.05) is 25.2 Å². The second-order valence-corrected chi connectivity index (χ2v) is 8.50. The van der Waals surface area contributed by atoms with E-state index in [-0.39, 0.29) is 11.8 Å². The molecule has 1 unspecified atom stereocenters. The summed E-state index contributed by atoms with van der Waals surface area (Å²) < 4.78 is 7.40. The van der Waals surface area contributed by atoms with Gasteiger partial charge >= 0.3 is 0 Å². The molecule has 0 radical (unpaired) electrons. The first-order valence-electron chi connectivity index (χ1n) is 10.5. The summed E-state index contributed by atoms with van der Waals surface area (Å²) in [5.41, 5.74) is 2.95. The molecular weight excluding hydrogens is 424 g/mol. The number of nitrogens with one attached hydrogen (secondary N) is 1. The summed E-state index contributed by atoms with van der Waals surface area (Å²) in [6.07, 6.45) is 7.01. The summed E-state index contributed by atoms with van der Waals surface area (Å²) in [5, 5.41) is 3.01. The maximum atomic E-state index is 13.3. The van der Waals surface area contributed by atoms with E-state index in [9.17, 15) is 9.59 Å². The molecule has 1 aliphatic heterocycles. The molecule has 0 spiro atoms. The lowest BCUT2D eigenvalue weighted by molar-refractivity contribution is -0.119. The van der Waals surface area contributed by atoms with Gasteiger partial charge in [-0.15, -0.1) is 11.8 Å². The second-order valence-electron chi connectivity index (χ2n) is 7.66. The summed E-state index contributed by atoms with van der Waals surface area (Å²) in [6, 6.07) is 12.5. The van der Waals surface area contributed by atoms with E-state index in [1.807, 2.05) is 54.3 Å². The number of thioether (sulfide) groups is 1. The van der Waals surface area contributed by atoms with E-state index in [4.69, 9.17) is 4.74 Å². The number of imidazole rings is 1. The predicted octanol–water partition coefficient (Wildman–Crippen LogP) is 4.15. The smallest absolute Gasteiger partial charge is 0.254 e. The van der Waals surface area contributed by atoms with Gasteiger partial charge in [-0.1, -0.05) is 12.1 Å². The van der Waals surface area contributed by atoms with Crippen molar-refractivity contribution in [1.29, 1.82) is 0 Å². The van der Waals surface area contributed by atoms with Gasteiger partial charge in [0, 0.05) is 23.2 Å². The van der Waals surface area contributed by atoms with Crippen molar-refractivity contribution in [1.82, 2.24) is 14.5 Å². The number of para-hydroxylation sites is 1. The molecule has 2 heterocycles. The Bertz CT molecular complexity index is 1140. The first-order chi connectivity index (χ1) is 15.5. The third-order valence-corrected chi connectivity index (χ3v) is 6.39. The number of nitrogens with zero attached hydrogens (tertiary/aromatic N) is 3. The van der Waals surface area contributed by atoms with Crippen LogP contribution in [0.5, 0.6) is 5.75 Å². The summed E-state index contributed by atoms with van der Waals surface area (Å²) in [4.78, 5) is 33.3. The highest BCUT2D eigenvalue weighted by Gasteiger charge is 2.35. The number of aryl methyl sites for hydroxylation is 1. The standard InChI is InChI=1S/C24H26N4O3S/c1-16-14-27(15-25-16)19-11-10-17(13-21(19)31-2)24(30)28-12-6-8-20(28)23(29)26-18-7-4-5-9-22(18)32-3/h4-5,7,9-11,13-15,20H,6,8,12H2,1-3H3,(H,26,29). The van der Waals surface area contributed by atoms with Crippen LogP contribution in [0.3, 0.4) is 0 Å². The van der Waals surface area contributed by atoms with Crippen LogP contribution in [0.1, 0.15) is 28.9 Å². The lowest BCUT2D eigenvalue weighted by Gasteiger charge is -2.25. The van der Waals surface area contributed by atoms with Gasteiger partial charge < -0.3 is 19.5 Å². The molecule has 1 aromatic heterocycles. The first-order valence-corrected chi connectivity index (χ1v) is 11.7. The number of hydrogen-bond acceptors (Lipinski definition) is 5. The van der Waals surface area contributed by atoms with Crippen LogP contribution in [0.4, 0.5) is 5.69 Å². The van der Waals surface area contributed by atoms with Crippen LogP contribution in [0, 0.1) is 6.92 Å². The Morgan fingerprint density at radius 3 is 2.75 bits per heavy atom. The monoisotopic (exact) mass is 450 g/mol. The molecule has 1 atom stereocenters. The lowest BCUT2D eigenvalue weighted by Crippen LogP contribution is -2.43. The zero-order chi connectivity index (χ0) is 22.7. The zero-order valence-electron chi connectivity index (χ0n) is 18.4. The van der Waals surface area contributed by atoms with Gasteiger partial charge in [0.25, 0.3) is 5.91 Å². The average Bonchev–Trinajstić information content (AvgIpc) is 3.48. The van der Waals surface area contributed by atoms with Crippen LogP contribution in [0.2, 0.25) is 0 Å². The molecule has 32 heavy (non-hydrogen) atoms. The number of anilines is 1. The van der Waals surface area contributed by atoms with E-state index >= 15 is 0 Å². The van der Waals surface area contributed by atoms with Crippen LogP contribution in [0.25, 0.3) is 5.69 Å². The summed E-state index contributed by atoms with van der Waals surface area (Å²) in [5.74, 6) is 0.240. The zero-order valence-corrected chi connectivity index (χ0v) is 19.2. The lowest BCUT2D eigenvalue weighted by atomic mass is 10.1. The van der Waals surface area contributed by atoms with Crippen LogP contribution in [-0.2, 0) is 4.79 Å². The molecule has 1 saturated heterocycles. The molecule has 2 aromatic carbocycles. The molecule has 1 N–H and O–H groups in total. The van der Waals surface area contributed by atoms with Crippen molar-refractivity contribution in [3.05, 3.63) is 66.2 Å². The van der Waals surface area contributed by atoms with Gasteiger partial charge in [-0.25, -0.2) is 4.98 Å². The molecule has 4 rings (SSSR count). The van der Waals surface area contributed by atoms with Gasteiger partial charge in [-0.3, -0.25) is 9.59 Å². The number of aromatic nitrogens is 2. The van der Waals surface area contributed by atoms with Gasteiger partial charge in [-0.2, -0.15) is 0 Å². The minimum Gasteiger partial charge on any atom is -0.495 e. The van der Waals surface area contributed by atoms with E-state index in [2.05, 4.69) is 10.3 Å². The molecular formula is C24H26N4O3S. The van der Waals surface area contributed by atoms with Crippen LogP contribution >= 0.6 is 11.8 Å². The van der Waals surface area contributed by atoms with E-state index in [1.165, 1.54) is 0 Å². The van der Waals surface area contributed by atoms with Crippen molar-refractivity contribution < 1.29 is 14.3 Å². The van der Waals surface area contributed by atoms with E-state index < -0.39 is 6.04 Å². The highest BCUT2D eigenvalue weighted by atomic mass is 32.2. The van der Waals surface area contributed by atoms with Crippen molar-refractivity contribution in [3.8, 4) is 11.4 Å². The topological polar surface area (TPSA) is 76.5 Å². The van der Waals surface area contributed by atoms with Crippen molar-refractivity contribution >= 4 is 29.3 Å². The molecule has 1 aliphatic rings. The number of carbonyl (C=O) groups is 2. The van der Waals surface area contributed by atoms with Crippen molar-refractivity contribution in [2.24, 2.45) is 0 Å². The molecule has 7 nitrogen and oxygen atoms in total. The van der Waals surface area contributed by atoms with Gasteiger partial charge in [0.1, 0.15) is 11.8 Å². The summed E-state index contributed by atoms with van der Waals surface area (Å²) in [6.45, 7) is 2.46. The number of ether oxygens (including phenoxy) is 1. The maximum Gasteiger partial charge on any atom is 0.254 e. The van der Waals surface area contributed by atoms with E-state index in [0.29, 0.717) is 24.3 Å². The Morgan fingerprint density at radius 2 is 2.03 bits per heavy atom. The van der Waals surface area contributed by atoms with Gasteiger partial charge in [0.2, 0.25) is 5.91 Å². The minimum absolute atomic E-state index is 0.158. The Kier molecular flexibility index (Phi) is 6.50.